The summed E-state index contributed by atoms with van der Waals surface area (Å²) in [6.07, 6.45) is 4.87. The van der Waals surface area contributed by atoms with Crippen molar-refractivity contribution >= 4 is 0 Å². The van der Waals surface area contributed by atoms with Crippen molar-refractivity contribution < 1.29 is 9.52 Å². The summed E-state index contributed by atoms with van der Waals surface area (Å²) < 4.78 is 6.98. The number of phenolic OH excluding ortho intramolecular Hbond substituents is 1. The molecule has 0 radical (unpaired) electrons. The van der Waals surface area contributed by atoms with Crippen molar-refractivity contribution in [1.82, 2.24) is 9.55 Å². The molecule has 0 atom stereocenters. The van der Waals surface area contributed by atoms with Crippen molar-refractivity contribution in [2.24, 2.45) is 0 Å². The minimum atomic E-state index is 0.0739. The van der Waals surface area contributed by atoms with E-state index in [0.717, 1.165) is 0 Å². The van der Waals surface area contributed by atoms with Gasteiger partial charge in [-0.05, 0) is 30.3 Å². The van der Waals surface area contributed by atoms with Crippen LogP contribution in [0.5, 0.6) is 5.75 Å². The van der Waals surface area contributed by atoms with E-state index >= 15 is 0 Å². The van der Waals surface area contributed by atoms with E-state index in [4.69, 9.17) is 9.68 Å². The van der Waals surface area contributed by atoms with Gasteiger partial charge >= 0.3 is 0 Å². The summed E-state index contributed by atoms with van der Waals surface area (Å²) in [7, 11) is 0. The maximum absolute atomic E-state index is 9.94. The fraction of sp³-hybridized carbons (Fsp3) is 0. The Balaban J connectivity index is 2.19. The topological polar surface area (TPSA) is 75.0 Å². The zero-order chi connectivity index (χ0) is 13.2. The van der Waals surface area contributed by atoms with Gasteiger partial charge < -0.3 is 9.52 Å². The highest BCUT2D eigenvalue weighted by Crippen LogP contribution is 2.28. The highest BCUT2D eigenvalue weighted by molar-refractivity contribution is 5.58. The normalized spacial score (nSPS) is 10.3. The molecule has 0 aliphatic heterocycles. The summed E-state index contributed by atoms with van der Waals surface area (Å²) in [5.74, 6) is 1.23. The fourth-order valence-electron chi connectivity index (χ4n) is 1.87. The molecular weight excluding hydrogens is 242 g/mol. The number of rotatable bonds is 2. The molecule has 0 fully saturated rings. The van der Waals surface area contributed by atoms with Gasteiger partial charge in [-0.15, -0.1) is 0 Å². The van der Waals surface area contributed by atoms with Crippen LogP contribution in [0.3, 0.4) is 0 Å². The van der Waals surface area contributed by atoms with Crippen LogP contribution in [0.2, 0.25) is 0 Å². The molecule has 1 N–H and O–H groups in total. The van der Waals surface area contributed by atoms with Crippen LogP contribution in [0.4, 0.5) is 0 Å². The minimum absolute atomic E-state index is 0.0739. The van der Waals surface area contributed by atoms with E-state index in [1.165, 1.54) is 6.07 Å². The van der Waals surface area contributed by atoms with E-state index in [9.17, 15) is 5.11 Å². The molecule has 5 heteroatoms. The lowest BCUT2D eigenvalue weighted by Gasteiger charge is -2.08. The van der Waals surface area contributed by atoms with Crippen LogP contribution >= 0.6 is 0 Å². The Labute approximate surface area is 109 Å². The molecule has 0 bridgehead atoms. The summed E-state index contributed by atoms with van der Waals surface area (Å²) in [6, 6.07) is 10.2. The van der Waals surface area contributed by atoms with Crippen molar-refractivity contribution in [3.05, 3.63) is 54.6 Å². The molecule has 3 aromatic rings. The van der Waals surface area contributed by atoms with Crippen LogP contribution in [0.15, 0.2) is 53.4 Å². The second-order valence-electron chi connectivity index (χ2n) is 3.91. The first-order valence-electron chi connectivity index (χ1n) is 5.60. The van der Waals surface area contributed by atoms with E-state index in [-0.39, 0.29) is 5.75 Å². The van der Waals surface area contributed by atoms with E-state index < -0.39 is 0 Å². The molecule has 0 amide bonds. The van der Waals surface area contributed by atoms with Crippen LogP contribution in [-0.4, -0.2) is 14.7 Å². The second kappa shape index (κ2) is 4.35. The average molecular weight is 251 g/mol. The van der Waals surface area contributed by atoms with Gasteiger partial charge in [0.05, 0.1) is 23.6 Å². The lowest BCUT2D eigenvalue weighted by molar-refractivity contribution is 0.472. The highest BCUT2D eigenvalue weighted by atomic mass is 16.3. The maximum atomic E-state index is 9.94. The third-order valence-corrected chi connectivity index (χ3v) is 2.75. The third kappa shape index (κ3) is 1.85. The fourth-order valence-corrected chi connectivity index (χ4v) is 1.87. The van der Waals surface area contributed by atoms with Gasteiger partial charge in [0.15, 0.2) is 11.6 Å². The van der Waals surface area contributed by atoms with Gasteiger partial charge in [0.1, 0.15) is 5.75 Å². The zero-order valence-corrected chi connectivity index (χ0v) is 9.82. The van der Waals surface area contributed by atoms with Crippen molar-refractivity contribution in [1.29, 1.82) is 5.26 Å². The molecule has 92 valence electrons. The lowest BCUT2D eigenvalue weighted by atomic mass is 10.2. The third-order valence-electron chi connectivity index (χ3n) is 2.75. The van der Waals surface area contributed by atoms with Crippen molar-refractivity contribution in [3.8, 4) is 29.1 Å². The summed E-state index contributed by atoms with van der Waals surface area (Å²) in [4.78, 5) is 4.21. The summed E-state index contributed by atoms with van der Waals surface area (Å²) >= 11 is 0. The van der Waals surface area contributed by atoms with E-state index in [1.807, 2.05) is 6.07 Å². The highest BCUT2D eigenvalue weighted by Gasteiger charge is 2.13. The number of nitriles is 1. The van der Waals surface area contributed by atoms with Crippen LogP contribution in [0, 0.1) is 11.3 Å². The molecular formula is C14H9N3O2. The summed E-state index contributed by atoms with van der Waals surface area (Å²) in [5.41, 5.74) is 0.954. The van der Waals surface area contributed by atoms with Gasteiger partial charge in [-0.25, -0.2) is 4.98 Å². The molecule has 0 spiro atoms. The lowest BCUT2D eigenvalue weighted by Crippen LogP contribution is -1.96. The molecule has 1 aromatic carbocycles. The first kappa shape index (κ1) is 11.1. The van der Waals surface area contributed by atoms with E-state index in [2.05, 4.69) is 4.98 Å². The Morgan fingerprint density at radius 1 is 1.32 bits per heavy atom. The maximum Gasteiger partial charge on any atom is 0.180 e. The number of nitrogens with zero attached hydrogens (tertiary/aromatic N) is 3. The number of benzene rings is 1. The van der Waals surface area contributed by atoms with E-state index in [0.29, 0.717) is 22.8 Å². The van der Waals surface area contributed by atoms with Gasteiger partial charge in [0.25, 0.3) is 0 Å². The zero-order valence-electron chi connectivity index (χ0n) is 9.82. The molecule has 0 saturated carbocycles. The van der Waals surface area contributed by atoms with Gasteiger partial charge in [-0.1, -0.05) is 0 Å². The Morgan fingerprint density at radius 2 is 2.21 bits per heavy atom. The molecule has 19 heavy (non-hydrogen) atoms. The summed E-state index contributed by atoms with van der Waals surface area (Å²) in [6.45, 7) is 0. The quantitative estimate of drug-likeness (QED) is 0.759. The number of imidazole rings is 1. The largest absolute Gasteiger partial charge is 0.506 e. The predicted octanol–water partition coefficient (Wildman–Crippen LogP) is 2.71. The van der Waals surface area contributed by atoms with Gasteiger partial charge in [-0.3, -0.25) is 4.57 Å². The van der Waals surface area contributed by atoms with Crippen LogP contribution in [0.25, 0.3) is 17.3 Å². The first-order chi connectivity index (χ1) is 9.29. The molecule has 0 unspecified atom stereocenters. The van der Waals surface area contributed by atoms with Crippen molar-refractivity contribution in [2.45, 2.75) is 0 Å². The average Bonchev–Trinajstić information content (AvgIpc) is 3.09. The Bertz CT molecular complexity index is 751. The summed E-state index contributed by atoms with van der Waals surface area (Å²) in [5, 5.41) is 18.9. The number of hydrogen-bond donors (Lipinski definition) is 1. The molecule has 0 aliphatic carbocycles. The standard InChI is InChI=1S/C14H9N3O2/c15-9-10-3-4-12(18)11(8-10)17-6-5-16-14(17)13-2-1-7-19-13/h1-8,18H. The van der Waals surface area contributed by atoms with Crippen molar-refractivity contribution in [3.63, 3.8) is 0 Å². The molecule has 3 rings (SSSR count). The molecule has 5 nitrogen and oxygen atoms in total. The van der Waals surface area contributed by atoms with Crippen LogP contribution in [0.1, 0.15) is 5.56 Å². The molecule has 0 saturated heterocycles. The monoisotopic (exact) mass is 251 g/mol. The predicted molar refractivity (Wildman–Crippen MR) is 67.6 cm³/mol. The van der Waals surface area contributed by atoms with Crippen molar-refractivity contribution in [2.75, 3.05) is 0 Å². The SMILES string of the molecule is N#Cc1ccc(O)c(-n2ccnc2-c2ccco2)c1. The Kier molecular flexibility index (Phi) is 2.54. The molecule has 0 aliphatic rings. The minimum Gasteiger partial charge on any atom is -0.506 e. The van der Waals surface area contributed by atoms with Crippen LogP contribution < -0.4 is 0 Å². The number of aromatic nitrogens is 2. The number of hydrogen-bond acceptors (Lipinski definition) is 4. The van der Waals surface area contributed by atoms with Crippen LogP contribution in [-0.2, 0) is 0 Å². The Morgan fingerprint density at radius 3 is 2.95 bits per heavy atom. The number of furan rings is 1. The number of aromatic hydroxyl groups is 1. The van der Waals surface area contributed by atoms with Gasteiger partial charge in [0, 0.05) is 12.4 Å². The second-order valence-corrected chi connectivity index (χ2v) is 3.91. The Hall–Kier alpha value is -3.00. The van der Waals surface area contributed by atoms with E-state index in [1.54, 1.807) is 47.5 Å². The number of phenols is 1. The first-order valence-corrected chi connectivity index (χ1v) is 5.60. The molecule has 2 heterocycles. The van der Waals surface area contributed by atoms with Gasteiger partial charge in [-0.2, -0.15) is 5.26 Å². The van der Waals surface area contributed by atoms with Gasteiger partial charge in [0.2, 0.25) is 0 Å². The smallest absolute Gasteiger partial charge is 0.180 e. The molecule has 2 aromatic heterocycles.